The number of carbonyl (C=O) groups is 2. The molecule has 1 amide bonds. The molecule has 10 heteroatoms. The molecule has 0 fully saturated rings. The summed E-state index contributed by atoms with van der Waals surface area (Å²) in [5.74, 6) is -0.928. The molecule has 0 saturated carbocycles. The fraction of sp³-hybridized carbons (Fsp3) is 0.333. The average Bonchev–Trinajstić information content (AvgIpc) is 2.99. The molecule has 0 saturated heterocycles. The van der Waals surface area contributed by atoms with Crippen molar-refractivity contribution in [1.29, 1.82) is 0 Å². The van der Waals surface area contributed by atoms with Crippen LogP contribution in [-0.4, -0.2) is 27.6 Å². The number of alkyl halides is 3. The molecule has 0 aliphatic heterocycles. The Morgan fingerprint density at radius 3 is 2.64 bits per heavy atom. The molecule has 0 aliphatic rings. The monoisotopic (exact) mass is 389 g/mol. The summed E-state index contributed by atoms with van der Waals surface area (Å²) < 4.78 is 38.5. The summed E-state index contributed by atoms with van der Waals surface area (Å²) in [5, 5.41) is 10.5. The van der Waals surface area contributed by atoms with E-state index in [-0.39, 0.29) is 23.1 Å². The van der Waals surface area contributed by atoms with E-state index in [1.54, 1.807) is 13.8 Å². The van der Waals surface area contributed by atoms with Crippen molar-refractivity contribution in [2.75, 3.05) is 11.1 Å². The molecular formula is C15H14F3N3O2S2. The van der Waals surface area contributed by atoms with Gasteiger partial charge in [-0.05, 0) is 12.1 Å². The smallest absolute Gasteiger partial charge is 0.300 e. The van der Waals surface area contributed by atoms with Crippen LogP contribution in [0.2, 0.25) is 0 Å². The van der Waals surface area contributed by atoms with Crippen molar-refractivity contribution in [3.63, 3.8) is 0 Å². The van der Waals surface area contributed by atoms with Gasteiger partial charge in [0.05, 0.1) is 11.3 Å². The number of carbonyl (C=O) groups excluding carboxylic acids is 2. The number of halogens is 3. The Balaban J connectivity index is 1.97. The van der Waals surface area contributed by atoms with E-state index in [9.17, 15) is 22.8 Å². The largest absolute Gasteiger partial charge is 0.416 e. The fourth-order valence-corrected chi connectivity index (χ4v) is 3.30. The molecule has 0 spiro atoms. The lowest BCUT2D eigenvalue weighted by molar-refractivity contribution is -0.137. The quantitative estimate of drug-likeness (QED) is 0.457. The van der Waals surface area contributed by atoms with Crippen molar-refractivity contribution in [2.45, 2.75) is 24.4 Å². The van der Waals surface area contributed by atoms with Gasteiger partial charge < -0.3 is 5.32 Å². The summed E-state index contributed by atoms with van der Waals surface area (Å²) in [4.78, 5) is 23.6. The predicted molar refractivity (Wildman–Crippen MR) is 89.9 cm³/mol. The Labute approximate surface area is 150 Å². The normalized spacial score (nSPS) is 11.6. The Kier molecular flexibility index (Phi) is 6.17. The Bertz CT molecular complexity index is 775. The Morgan fingerprint density at radius 1 is 1.28 bits per heavy atom. The van der Waals surface area contributed by atoms with Crippen LogP contribution >= 0.6 is 23.1 Å². The molecule has 134 valence electrons. The van der Waals surface area contributed by atoms with Gasteiger partial charge in [-0.25, -0.2) is 0 Å². The number of thioether (sulfide) groups is 1. The van der Waals surface area contributed by atoms with Crippen LogP contribution in [0, 0.1) is 5.92 Å². The summed E-state index contributed by atoms with van der Waals surface area (Å²) in [5.41, 5.74) is -0.877. The number of Topliss-reactive ketones (excluding diaryl/α,β-unsaturated/α-hetero) is 1. The first-order valence-electron chi connectivity index (χ1n) is 7.14. The maximum absolute atomic E-state index is 12.7. The molecule has 0 bridgehead atoms. The topological polar surface area (TPSA) is 72.0 Å². The molecule has 25 heavy (non-hydrogen) atoms. The molecule has 1 aromatic heterocycles. The second-order valence-corrected chi connectivity index (χ2v) is 7.51. The zero-order chi connectivity index (χ0) is 18.6. The summed E-state index contributed by atoms with van der Waals surface area (Å²) in [7, 11) is 0. The van der Waals surface area contributed by atoms with Gasteiger partial charge in [-0.15, -0.1) is 10.2 Å². The van der Waals surface area contributed by atoms with Crippen LogP contribution in [0.1, 0.15) is 29.8 Å². The van der Waals surface area contributed by atoms with Gasteiger partial charge in [0, 0.05) is 11.5 Å². The highest BCUT2D eigenvalue weighted by Crippen LogP contribution is 2.30. The van der Waals surface area contributed by atoms with Crippen LogP contribution in [0.25, 0.3) is 0 Å². The summed E-state index contributed by atoms with van der Waals surface area (Å²) in [6.07, 6.45) is -4.49. The Hall–Kier alpha value is -1.94. The van der Waals surface area contributed by atoms with Crippen molar-refractivity contribution in [1.82, 2.24) is 10.2 Å². The zero-order valence-electron chi connectivity index (χ0n) is 13.3. The van der Waals surface area contributed by atoms with Crippen molar-refractivity contribution in [2.24, 2.45) is 5.92 Å². The average molecular weight is 389 g/mol. The van der Waals surface area contributed by atoms with Crippen LogP contribution in [0.3, 0.4) is 0 Å². The van der Waals surface area contributed by atoms with Gasteiger partial charge in [0.1, 0.15) is 0 Å². The summed E-state index contributed by atoms with van der Waals surface area (Å²) >= 11 is 2.16. The first-order valence-corrected chi connectivity index (χ1v) is 8.94. The molecule has 1 N–H and O–H groups in total. The van der Waals surface area contributed by atoms with Gasteiger partial charge >= 0.3 is 6.18 Å². The lowest BCUT2D eigenvalue weighted by Gasteiger charge is -2.07. The second-order valence-electron chi connectivity index (χ2n) is 5.31. The zero-order valence-corrected chi connectivity index (χ0v) is 14.9. The SMILES string of the molecule is CC(C)C(=O)Nc1nnc(SCC(=O)c2cccc(C(F)(F)F)c2)s1. The minimum atomic E-state index is -4.49. The van der Waals surface area contributed by atoms with Gasteiger partial charge in [-0.2, -0.15) is 13.2 Å². The first kappa shape index (κ1) is 19.4. The van der Waals surface area contributed by atoms with E-state index in [0.717, 1.165) is 35.2 Å². The maximum Gasteiger partial charge on any atom is 0.416 e. The van der Waals surface area contributed by atoms with Gasteiger partial charge in [0.15, 0.2) is 10.1 Å². The van der Waals surface area contributed by atoms with Crippen molar-refractivity contribution < 1.29 is 22.8 Å². The number of ketones is 1. The van der Waals surface area contributed by atoms with E-state index in [0.29, 0.717) is 9.47 Å². The van der Waals surface area contributed by atoms with E-state index in [1.165, 1.54) is 12.1 Å². The number of hydrogen-bond donors (Lipinski definition) is 1. The lowest BCUT2D eigenvalue weighted by atomic mass is 10.1. The Morgan fingerprint density at radius 2 is 2.00 bits per heavy atom. The highest BCUT2D eigenvalue weighted by atomic mass is 32.2. The number of rotatable bonds is 6. The van der Waals surface area contributed by atoms with Crippen LogP contribution in [0.5, 0.6) is 0 Å². The van der Waals surface area contributed by atoms with Gasteiger partial charge in [-0.3, -0.25) is 9.59 Å². The highest BCUT2D eigenvalue weighted by molar-refractivity contribution is 8.01. The third-order valence-electron chi connectivity index (χ3n) is 3.00. The summed E-state index contributed by atoms with van der Waals surface area (Å²) in [6.45, 7) is 3.47. The fourth-order valence-electron chi connectivity index (χ4n) is 1.65. The molecule has 5 nitrogen and oxygen atoms in total. The maximum atomic E-state index is 12.7. The molecule has 0 unspecified atom stereocenters. The van der Waals surface area contributed by atoms with E-state index in [2.05, 4.69) is 15.5 Å². The van der Waals surface area contributed by atoms with Gasteiger partial charge in [-0.1, -0.05) is 49.1 Å². The number of hydrogen-bond acceptors (Lipinski definition) is 6. The number of nitrogens with one attached hydrogen (secondary N) is 1. The molecule has 1 heterocycles. The van der Waals surface area contributed by atoms with Crippen LogP contribution in [0.15, 0.2) is 28.6 Å². The standard InChI is InChI=1S/C15H14F3N3O2S2/c1-8(2)12(23)19-13-20-21-14(25-13)24-7-11(22)9-4-3-5-10(6-9)15(16,17)18/h3-6,8H,7H2,1-2H3,(H,19,20,23). The molecule has 2 aromatic rings. The number of benzene rings is 1. The third-order valence-corrected chi connectivity index (χ3v) is 4.97. The molecule has 0 radical (unpaired) electrons. The lowest BCUT2D eigenvalue weighted by Crippen LogP contribution is -2.17. The van der Waals surface area contributed by atoms with E-state index >= 15 is 0 Å². The van der Waals surface area contributed by atoms with E-state index < -0.39 is 17.5 Å². The summed E-state index contributed by atoms with van der Waals surface area (Å²) in [6, 6.07) is 4.29. The predicted octanol–water partition coefficient (Wildman–Crippen LogP) is 4.13. The van der Waals surface area contributed by atoms with E-state index in [4.69, 9.17) is 0 Å². The molecule has 0 atom stereocenters. The molecule has 0 aliphatic carbocycles. The molecule has 2 rings (SSSR count). The first-order chi connectivity index (χ1) is 11.7. The minimum Gasteiger partial charge on any atom is -0.300 e. The third kappa shape index (κ3) is 5.53. The number of amides is 1. The number of anilines is 1. The molecule has 1 aromatic carbocycles. The van der Waals surface area contributed by atoms with Crippen LogP contribution in [0.4, 0.5) is 18.3 Å². The van der Waals surface area contributed by atoms with Crippen LogP contribution < -0.4 is 5.32 Å². The van der Waals surface area contributed by atoms with Crippen molar-refractivity contribution in [3.8, 4) is 0 Å². The molecular weight excluding hydrogens is 375 g/mol. The van der Waals surface area contributed by atoms with Crippen molar-refractivity contribution in [3.05, 3.63) is 35.4 Å². The van der Waals surface area contributed by atoms with E-state index in [1.807, 2.05) is 0 Å². The minimum absolute atomic E-state index is 0.0137. The van der Waals surface area contributed by atoms with Gasteiger partial charge in [0.2, 0.25) is 11.0 Å². The van der Waals surface area contributed by atoms with Crippen LogP contribution in [-0.2, 0) is 11.0 Å². The van der Waals surface area contributed by atoms with Gasteiger partial charge in [0.25, 0.3) is 0 Å². The second kappa shape index (κ2) is 7.96. The number of nitrogens with zero attached hydrogens (tertiary/aromatic N) is 2. The number of aromatic nitrogens is 2. The highest BCUT2D eigenvalue weighted by Gasteiger charge is 2.30. The van der Waals surface area contributed by atoms with Crippen molar-refractivity contribution >= 4 is 39.9 Å².